The Bertz CT molecular complexity index is 611. The quantitative estimate of drug-likeness (QED) is 0.805. The first-order valence-electron chi connectivity index (χ1n) is 9.21. The molecule has 0 aromatic heterocycles. The van der Waals surface area contributed by atoms with Gasteiger partial charge in [-0.1, -0.05) is 33.8 Å². The molecule has 2 unspecified atom stereocenters. The van der Waals surface area contributed by atoms with Gasteiger partial charge in [-0.2, -0.15) is 5.48 Å². The maximum atomic E-state index is 10.3. The van der Waals surface area contributed by atoms with Crippen LogP contribution in [0.2, 0.25) is 0 Å². The Labute approximate surface area is 145 Å². The lowest BCUT2D eigenvalue weighted by Gasteiger charge is -2.50. The van der Waals surface area contributed by atoms with E-state index in [-0.39, 0.29) is 11.7 Å². The van der Waals surface area contributed by atoms with E-state index in [1.165, 1.54) is 22.3 Å². The number of aliphatic hydroxyl groups excluding tert-OH is 1. The number of benzene rings is 1. The Kier molecular flexibility index (Phi) is 4.92. The average molecular weight is 333 g/mol. The fourth-order valence-corrected chi connectivity index (χ4v) is 4.12. The highest BCUT2D eigenvalue weighted by Gasteiger charge is 2.51. The molecule has 0 radical (unpaired) electrons. The van der Waals surface area contributed by atoms with E-state index >= 15 is 0 Å². The number of aliphatic hydroxyl groups is 1. The van der Waals surface area contributed by atoms with Crippen molar-refractivity contribution in [2.45, 2.75) is 83.5 Å². The highest BCUT2D eigenvalue weighted by atomic mass is 16.6. The van der Waals surface area contributed by atoms with Crippen LogP contribution in [0, 0.1) is 0 Å². The predicted molar refractivity (Wildman–Crippen MR) is 95.4 cm³/mol. The van der Waals surface area contributed by atoms with Gasteiger partial charge in [0, 0.05) is 12.1 Å². The predicted octanol–water partition coefficient (Wildman–Crippen LogP) is 3.80. The molecule has 1 aliphatic carbocycles. The van der Waals surface area contributed by atoms with Gasteiger partial charge in [-0.3, -0.25) is 0 Å². The van der Waals surface area contributed by atoms with Gasteiger partial charge in [0.1, 0.15) is 11.4 Å². The van der Waals surface area contributed by atoms with Gasteiger partial charge in [0.2, 0.25) is 0 Å². The van der Waals surface area contributed by atoms with Gasteiger partial charge in [-0.25, -0.2) is 0 Å². The molecule has 1 heterocycles. The maximum absolute atomic E-state index is 10.3. The van der Waals surface area contributed by atoms with E-state index < -0.39 is 0 Å². The lowest BCUT2D eigenvalue weighted by molar-refractivity contribution is -0.136. The first-order valence-corrected chi connectivity index (χ1v) is 9.21. The molecule has 2 aliphatic rings. The molecule has 24 heavy (non-hydrogen) atoms. The smallest absolute Gasteiger partial charge is 0.135 e. The summed E-state index contributed by atoms with van der Waals surface area (Å²) in [5.74, 6) is 1.87. The van der Waals surface area contributed by atoms with Crippen LogP contribution in [0.4, 0.5) is 0 Å². The molecular formula is C20H31NO3. The summed E-state index contributed by atoms with van der Waals surface area (Å²) in [6.07, 6.45) is 3.37. The van der Waals surface area contributed by atoms with Gasteiger partial charge in [-0.05, 0) is 54.2 Å². The molecule has 4 heteroatoms. The summed E-state index contributed by atoms with van der Waals surface area (Å²) in [5.41, 5.74) is 7.84. The van der Waals surface area contributed by atoms with E-state index in [4.69, 9.17) is 9.57 Å². The van der Waals surface area contributed by atoms with Gasteiger partial charge in [-0.15, -0.1) is 0 Å². The van der Waals surface area contributed by atoms with Crippen LogP contribution in [0.25, 0.3) is 0 Å². The summed E-state index contributed by atoms with van der Waals surface area (Å²) in [6, 6.07) is 2.36. The van der Waals surface area contributed by atoms with Gasteiger partial charge in [0.05, 0.1) is 13.2 Å². The number of rotatable bonds is 5. The largest absolute Gasteiger partial charge is 0.484 e. The molecule has 4 nitrogen and oxygen atoms in total. The summed E-state index contributed by atoms with van der Waals surface area (Å²) in [7, 11) is 1.64. The molecule has 1 saturated carbocycles. The molecule has 0 saturated heterocycles. The van der Waals surface area contributed by atoms with Crippen molar-refractivity contribution in [1.29, 1.82) is 0 Å². The first-order chi connectivity index (χ1) is 11.4. The lowest BCUT2D eigenvalue weighted by atomic mass is 9.70. The molecule has 1 aromatic carbocycles. The van der Waals surface area contributed by atoms with Crippen LogP contribution in [-0.2, 0) is 17.8 Å². The second-order valence-corrected chi connectivity index (χ2v) is 7.90. The van der Waals surface area contributed by atoms with Crippen molar-refractivity contribution in [2.75, 3.05) is 7.11 Å². The molecule has 1 aliphatic heterocycles. The Hall–Kier alpha value is -1.10. The van der Waals surface area contributed by atoms with Gasteiger partial charge in [0.15, 0.2) is 0 Å². The topological polar surface area (TPSA) is 50.7 Å². The van der Waals surface area contributed by atoms with E-state index in [0.717, 1.165) is 31.4 Å². The minimum absolute atomic E-state index is 0.334. The fraction of sp³-hybridized carbons (Fsp3) is 0.700. The monoisotopic (exact) mass is 333 g/mol. The number of hydrogen-bond donors (Lipinski definition) is 2. The number of ether oxygens (including phenoxy) is 1. The van der Waals surface area contributed by atoms with Crippen molar-refractivity contribution in [3.8, 4) is 5.75 Å². The van der Waals surface area contributed by atoms with Crippen LogP contribution in [0.15, 0.2) is 6.07 Å². The minimum atomic E-state index is -0.362. The van der Waals surface area contributed by atoms with E-state index in [9.17, 15) is 5.11 Å². The zero-order valence-electron chi connectivity index (χ0n) is 15.6. The average Bonchev–Trinajstić information content (AvgIpc) is 2.56. The summed E-state index contributed by atoms with van der Waals surface area (Å²) in [6.45, 7) is 9.56. The van der Waals surface area contributed by atoms with Crippen molar-refractivity contribution in [3.63, 3.8) is 0 Å². The Morgan fingerprint density at radius 1 is 1.25 bits per heavy atom. The molecule has 1 aromatic rings. The van der Waals surface area contributed by atoms with Crippen molar-refractivity contribution >= 4 is 0 Å². The van der Waals surface area contributed by atoms with Crippen molar-refractivity contribution in [2.24, 2.45) is 0 Å². The molecule has 1 spiro atoms. The Balaban J connectivity index is 2.13. The summed E-state index contributed by atoms with van der Waals surface area (Å²) < 4.78 is 6.53. The summed E-state index contributed by atoms with van der Waals surface area (Å²) >= 11 is 0. The van der Waals surface area contributed by atoms with E-state index in [0.29, 0.717) is 18.4 Å². The van der Waals surface area contributed by atoms with E-state index in [2.05, 4.69) is 39.2 Å². The molecule has 0 amide bonds. The zero-order chi connectivity index (χ0) is 17.5. The van der Waals surface area contributed by atoms with Crippen LogP contribution in [-0.4, -0.2) is 23.9 Å². The number of hydrogen-bond acceptors (Lipinski definition) is 4. The molecule has 0 bridgehead atoms. The minimum Gasteiger partial charge on any atom is -0.484 e. The van der Waals surface area contributed by atoms with Crippen molar-refractivity contribution < 1.29 is 14.7 Å². The van der Waals surface area contributed by atoms with Gasteiger partial charge < -0.3 is 14.7 Å². The first kappa shape index (κ1) is 17.7. The molecule has 2 atom stereocenters. The summed E-state index contributed by atoms with van der Waals surface area (Å²) in [5, 5.41) is 10.3. The molecule has 134 valence electrons. The highest BCUT2D eigenvalue weighted by molar-refractivity contribution is 5.54. The standard InChI is InChI=1S/C20H31NO3/c1-12(2)15-10-16(13(3)4)17(11-21-23-5)19-14(15)6-8-20(24-19)9-7-18(20)22/h10,12-13,18,21-22H,6-9,11H2,1-5H3. The van der Waals surface area contributed by atoms with Gasteiger partial charge >= 0.3 is 0 Å². The maximum Gasteiger partial charge on any atom is 0.135 e. The SMILES string of the molecule is CONCc1c(C(C)C)cc(C(C)C)c2c1OC1(CC2)CCC1O. The Morgan fingerprint density at radius 2 is 1.96 bits per heavy atom. The van der Waals surface area contributed by atoms with Crippen LogP contribution < -0.4 is 10.2 Å². The Morgan fingerprint density at radius 3 is 2.46 bits per heavy atom. The zero-order valence-corrected chi connectivity index (χ0v) is 15.6. The second-order valence-electron chi connectivity index (χ2n) is 7.90. The van der Waals surface area contributed by atoms with Crippen LogP contribution in [0.1, 0.15) is 81.0 Å². The normalized spacial score (nSPS) is 25.8. The number of nitrogens with one attached hydrogen (secondary N) is 1. The highest BCUT2D eigenvalue weighted by Crippen LogP contribution is 2.49. The molecule has 3 rings (SSSR count). The van der Waals surface area contributed by atoms with Crippen LogP contribution in [0.3, 0.4) is 0 Å². The van der Waals surface area contributed by atoms with Crippen LogP contribution >= 0.6 is 0 Å². The molecule has 1 fully saturated rings. The van der Waals surface area contributed by atoms with E-state index in [1.54, 1.807) is 7.11 Å². The fourth-order valence-electron chi connectivity index (χ4n) is 4.12. The third kappa shape index (κ3) is 2.85. The van der Waals surface area contributed by atoms with Crippen LogP contribution in [0.5, 0.6) is 5.75 Å². The van der Waals surface area contributed by atoms with Crippen molar-refractivity contribution in [1.82, 2.24) is 5.48 Å². The third-order valence-corrected chi connectivity index (χ3v) is 5.75. The lowest BCUT2D eigenvalue weighted by Crippen LogP contribution is -2.57. The van der Waals surface area contributed by atoms with Gasteiger partial charge in [0.25, 0.3) is 0 Å². The number of hydroxylamine groups is 1. The third-order valence-electron chi connectivity index (χ3n) is 5.75. The molecular weight excluding hydrogens is 302 g/mol. The summed E-state index contributed by atoms with van der Waals surface area (Å²) in [4.78, 5) is 5.11. The number of fused-ring (bicyclic) bond motifs is 1. The second kappa shape index (κ2) is 6.66. The van der Waals surface area contributed by atoms with Crippen molar-refractivity contribution in [3.05, 3.63) is 28.3 Å². The molecule has 2 N–H and O–H groups in total. The van der Waals surface area contributed by atoms with E-state index in [1.807, 2.05) is 0 Å².